The first-order valence-corrected chi connectivity index (χ1v) is 10.8. The molecule has 2 N–H and O–H groups in total. The lowest BCUT2D eigenvalue weighted by Crippen LogP contribution is -2.28. The summed E-state index contributed by atoms with van der Waals surface area (Å²) in [5.41, 5.74) is -1.80. The van der Waals surface area contributed by atoms with Crippen molar-refractivity contribution in [2.75, 3.05) is 0 Å². The molecule has 2 amide bonds. The van der Waals surface area contributed by atoms with E-state index in [0.717, 1.165) is 6.92 Å². The monoisotopic (exact) mass is 428 g/mol. The maximum Gasteiger partial charge on any atom is 0.294 e. The third kappa shape index (κ3) is 4.36. The fraction of sp³-hybridized carbons (Fsp3) is 0.182. The third-order valence-electron chi connectivity index (χ3n) is 2.91. The van der Waals surface area contributed by atoms with Crippen molar-refractivity contribution in [3.8, 4) is 0 Å². The predicted octanol–water partition coefficient (Wildman–Crippen LogP) is -2.15. The average Bonchev–Trinajstić information content (AvgIpc) is 2.54. The predicted molar refractivity (Wildman–Crippen MR) is 83.0 cm³/mol. The summed E-state index contributed by atoms with van der Waals surface area (Å²) in [6.45, 7) is 0.763. The number of sulfonamides is 2. The van der Waals surface area contributed by atoms with Crippen LogP contribution in [0.3, 0.4) is 0 Å². The van der Waals surface area contributed by atoms with E-state index >= 15 is 0 Å². The molecule has 15 heteroatoms. The zero-order valence-electron chi connectivity index (χ0n) is 12.8. The molecule has 0 saturated carbocycles. The minimum Gasteiger partial charge on any atom is -0.448 e. The van der Waals surface area contributed by atoms with Crippen molar-refractivity contribution in [3.05, 3.63) is 18.2 Å². The van der Waals surface area contributed by atoms with Crippen molar-refractivity contribution >= 4 is 49.2 Å². The number of nitrogens with one attached hydrogen (secondary N) is 2. The summed E-state index contributed by atoms with van der Waals surface area (Å²) in [7, 11) is -13.9. The van der Waals surface area contributed by atoms with Gasteiger partial charge in [0.05, 0.1) is 9.79 Å². The van der Waals surface area contributed by atoms with E-state index in [9.17, 15) is 39.6 Å². The van der Waals surface area contributed by atoms with Crippen LogP contribution in [0.5, 0.6) is 0 Å². The van der Waals surface area contributed by atoms with Crippen LogP contribution in [0.1, 0.15) is 6.92 Å². The molecule has 26 heavy (non-hydrogen) atoms. The number of sulfone groups is 1. The Hall–Kier alpha value is -2.52. The van der Waals surface area contributed by atoms with Gasteiger partial charge in [-0.15, -0.1) is 0 Å². The second-order valence-corrected chi connectivity index (χ2v) is 10.0. The summed E-state index contributed by atoms with van der Waals surface area (Å²) in [5, 5.41) is 0. The maximum absolute atomic E-state index is 12.4. The van der Waals surface area contributed by atoms with Crippen LogP contribution in [0.2, 0.25) is 0 Å². The van der Waals surface area contributed by atoms with Gasteiger partial charge >= 0.3 is 0 Å². The molecule has 1 aromatic carbocycles. The maximum atomic E-state index is 12.4. The third-order valence-corrected chi connectivity index (χ3v) is 7.60. The number of rotatable bonds is 10. The highest BCUT2D eigenvalue weighted by atomic mass is 32.2. The van der Waals surface area contributed by atoms with E-state index in [1.807, 2.05) is 0 Å². The van der Waals surface area contributed by atoms with Gasteiger partial charge in [-0.05, 0) is 25.1 Å². The molecule has 0 bridgehead atoms. The summed E-state index contributed by atoms with van der Waals surface area (Å²) in [6.07, 6.45) is -0.445. The summed E-state index contributed by atoms with van der Waals surface area (Å²) >= 11 is 0. The first-order valence-electron chi connectivity index (χ1n) is 6.33. The minimum atomic E-state index is -4.79. The van der Waals surface area contributed by atoms with E-state index < -0.39 is 50.0 Å². The smallest absolute Gasteiger partial charge is 0.294 e. The zero-order valence-corrected chi connectivity index (χ0v) is 15.3. The fourth-order valence-corrected chi connectivity index (χ4v) is 5.24. The van der Waals surface area contributed by atoms with E-state index in [0.29, 0.717) is 18.2 Å². The number of carbonyl (C=O) groups is 3. The normalized spacial score (nSPS) is 13.3. The fourth-order valence-electron chi connectivity index (χ4n) is 1.69. The Bertz CT molecular complexity index is 1030. The second kappa shape index (κ2) is 7.79. The first-order chi connectivity index (χ1) is 11.9. The molecule has 144 valence electrons. The Labute approximate surface area is 148 Å². The van der Waals surface area contributed by atoms with Gasteiger partial charge in [-0.1, -0.05) is 0 Å². The molecule has 0 fully saturated rings. The van der Waals surface area contributed by atoms with Gasteiger partial charge in [-0.25, -0.2) is 25.3 Å². The van der Waals surface area contributed by atoms with Crippen LogP contribution in [-0.2, 0) is 49.0 Å². The van der Waals surface area contributed by atoms with Gasteiger partial charge < -0.3 is 4.74 Å². The molecule has 0 aliphatic heterocycles. The average molecular weight is 428 g/mol. The number of amides is 2. The molecule has 0 saturated heterocycles. The van der Waals surface area contributed by atoms with E-state index in [1.165, 1.54) is 9.44 Å². The van der Waals surface area contributed by atoms with Gasteiger partial charge in [0, 0.05) is 0 Å². The Kier molecular flexibility index (Phi) is 6.45. The largest absolute Gasteiger partial charge is 0.448 e. The van der Waals surface area contributed by atoms with Crippen molar-refractivity contribution in [1.29, 1.82) is 0 Å². The lowest BCUT2D eigenvalue weighted by atomic mass is 10.4. The molecular weight excluding hydrogens is 416 g/mol. The Morgan fingerprint density at radius 2 is 1.42 bits per heavy atom. The topological polar surface area (TPSA) is 187 Å². The van der Waals surface area contributed by atoms with Gasteiger partial charge in [0.1, 0.15) is 4.90 Å². The molecule has 0 aliphatic carbocycles. The van der Waals surface area contributed by atoms with Crippen LogP contribution in [0.25, 0.3) is 0 Å². The van der Waals surface area contributed by atoms with Crippen LogP contribution in [-0.4, -0.2) is 50.0 Å². The zero-order chi connectivity index (χ0) is 20.2. The molecular formula is C11H12N2O10S3. The summed E-state index contributed by atoms with van der Waals surface area (Å²) < 4.78 is 79.8. The van der Waals surface area contributed by atoms with Crippen LogP contribution < -0.4 is 9.44 Å². The van der Waals surface area contributed by atoms with Crippen LogP contribution in [0.15, 0.2) is 32.9 Å². The van der Waals surface area contributed by atoms with Crippen LogP contribution >= 0.6 is 0 Å². The molecule has 0 spiro atoms. The van der Waals surface area contributed by atoms with Gasteiger partial charge in [0.2, 0.25) is 28.1 Å². The Balaban J connectivity index is 3.81. The van der Waals surface area contributed by atoms with E-state index in [2.05, 4.69) is 4.74 Å². The molecule has 0 aliphatic rings. The standard InChI is InChI=1S/C11H12N2O10S3/c1-8(23-7-16)24(17,18)10-3-2-9(25(19,20)12-5-14)4-11(10)26(21,22)13-6-15/h2-8H,1H3,(H,12,14)(H,13,15). The molecule has 1 atom stereocenters. The Morgan fingerprint density at radius 3 is 1.92 bits per heavy atom. The summed E-state index contributed by atoms with van der Waals surface area (Å²) in [6, 6.07) is 1.77. The number of hydrogen-bond acceptors (Lipinski definition) is 10. The highest BCUT2D eigenvalue weighted by Gasteiger charge is 2.33. The first kappa shape index (κ1) is 21.5. The molecule has 1 unspecified atom stereocenters. The van der Waals surface area contributed by atoms with Gasteiger partial charge in [-0.2, -0.15) is 0 Å². The summed E-state index contributed by atoms with van der Waals surface area (Å²) in [4.78, 5) is 28.4. The van der Waals surface area contributed by atoms with Crippen molar-refractivity contribution < 1.29 is 44.4 Å². The molecule has 1 aromatic rings. The van der Waals surface area contributed by atoms with Crippen molar-refractivity contribution in [3.63, 3.8) is 0 Å². The number of carbonyl (C=O) groups excluding carboxylic acids is 3. The highest BCUT2D eigenvalue weighted by molar-refractivity contribution is 7.94. The van der Waals surface area contributed by atoms with Gasteiger partial charge in [0.15, 0.2) is 0 Å². The highest BCUT2D eigenvalue weighted by Crippen LogP contribution is 2.27. The molecule has 0 radical (unpaired) electrons. The Morgan fingerprint density at radius 1 is 0.885 bits per heavy atom. The minimum absolute atomic E-state index is 0.174. The molecule has 0 aromatic heterocycles. The van der Waals surface area contributed by atoms with Gasteiger partial charge in [0.25, 0.3) is 26.5 Å². The molecule has 12 nitrogen and oxygen atoms in total. The van der Waals surface area contributed by atoms with E-state index in [4.69, 9.17) is 0 Å². The number of benzene rings is 1. The molecule has 0 heterocycles. The quantitative estimate of drug-likeness (QED) is 0.389. The summed E-state index contributed by atoms with van der Waals surface area (Å²) in [5.74, 6) is 0. The molecule has 1 rings (SSSR count). The number of hydrogen-bond donors (Lipinski definition) is 2. The lowest BCUT2D eigenvalue weighted by molar-refractivity contribution is -0.129. The van der Waals surface area contributed by atoms with Crippen molar-refractivity contribution in [2.24, 2.45) is 0 Å². The van der Waals surface area contributed by atoms with E-state index in [1.54, 1.807) is 0 Å². The number of ether oxygens (including phenoxy) is 1. The van der Waals surface area contributed by atoms with Crippen molar-refractivity contribution in [2.45, 2.75) is 27.0 Å². The van der Waals surface area contributed by atoms with Crippen LogP contribution in [0, 0.1) is 0 Å². The van der Waals surface area contributed by atoms with Crippen LogP contribution in [0.4, 0.5) is 0 Å². The second-order valence-electron chi connectivity index (χ2n) is 4.43. The van der Waals surface area contributed by atoms with Crippen molar-refractivity contribution in [1.82, 2.24) is 9.44 Å². The SMILES string of the molecule is CC(OC=O)S(=O)(=O)c1ccc(S(=O)(=O)NC=O)cc1S(=O)(=O)NC=O. The van der Waals surface area contributed by atoms with E-state index in [-0.39, 0.29) is 19.3 Å². The van der Waals surface area contributed by atoms with Gasteiger partial charge in [-0.3, -0.25) is 23.8 Å². The lowest BCUT2D eigenvalue weighted by Gasteiger charge is -2.15.